The van der Waals surface area contributed by atoms with E-state index in [2.05, 4.69) is 47.5 Å². The highest BCUT2D eigenvalue weighted by atomic mass is 32.1. The second-order valence-corrected chi connectivity index (χ2v) is 9.67. The molecule has 168 valence electrons. The molecule has 1 saturated carbocycles. The molecule has 1 atom stereocenters. The van der Waals surface area contributed by atoms with E-state index in [9.17, 15) is 4.79 Å². The third kappa shape index (κ3) is 5.13. The smallest absolute Gasteiger partial charge is 0.248 e. The molecular formula is C26H32N4OS. The van der Waals surface area contributed by atoms with Gasteiger partial charge in [-0.25, -0.2) is 0 Å². The highest BCUT2D eigenvalue weighted by Crippen LogP contribution is 2.34. The zero-order chi connectivity index (χ0) is 22.5. The summed E-state index contributed by atoms with van der Waals surface area (Å²) in [6.45, 7) is 6.49. The molecule has 1 unspecified atom stereocenters. The Kier molecular flexibility index (Phi) is 7.10. The van der Waals surface area contributed by atoms with Gasteiger partial charge in [0.25, 0.3) is 0 Å². The number of hydrogen-bond acceptors (Lipinski definition) is 4. The number of amides is 1. The summed E-state index contributed by atoms with van der Waals surface area (Å²) in [6, 6.07) is 14.0. The fourth-order valence-electron chi connectivity index (χ4n) is 4.53. The summed E-state index contributed by atoms with van der Waals surface area (Å²) in [5, 5.41) is 10.1. The van der Waals surface area contributed by atoms with Gasteiger partial charge in [-0.05, 0) is 42.3 Å². The van der Waals surface area contributed by atoms with Crippen LogP contribution >= 0.6 is 11.3 Å². The van der Waals surface area contributed by atoms with E-state index < -0.39 is 6.04 Å². The van der Waals surface area contributed by atoms with Gasteiger partial charge in [0, 0.05) is 42.3 Å². The van der Waals surface area contributed by atoms with Crippen LogP contribution in [0.15, 0.2) is 66.3 Å². The van der Waals surface area contributed by atoms with Gasteiger partial charge in [-0.2, -0.15) is 5.10 Å². The Balaban J connectivity index is 1.73. The van der Waals surface area contributed by atoms with Gasteiger partial charge in [0.2, 0.25) is 5.91 Å². The average molecular weight is 449 g/mol. The summed E-state index contributed by atoms with van der Waals surface area (Å²) < 4.78 is 1.77. The van der Waals surface area contributed by atoms with E-state index >= 15 is 0 Å². The van der Waals surface area contributed by atoms with Crippen molar-refractivity contribution in [1.82, 2.24) is 15.1 Å². The van der Waals surface area contributed by atoms with Crippen molar-refractivity contribution in [2.24, 2.45) is 7.05 Å². The molecule has 0 spiro atoms. The largest absolute Gasteiger partial charge is 0.351 e. The minimum Gasteiger partial charge on any atom is -0.351 e. The van der Waals surface area contributed by atoms with E-state index in [1.807, 2.05) is 42.4 Å². The molecule has 1 aliphatic carbocycles. The Labute approximate surface area is 194 Å². The van der Waals surface area contributed by atoms with Crippen molar-refractivity contribution in [2.45, 2.75) is 57.5 Å². The fraction of sp³-hybridized carbons (Fsp3) is 0.385. The number of hydrogen-bond donors (Lipinski definition) is 1. The zero-order valence-corrected chi connectivity index (χ0v) is 19.8. The van der Waals surface area contributed by atoms with Gasteiger partial charge >= 0.3 is 0 Å². The quantitative estimate of drug-likeness (QED) is 0.492. The highest BCUT2D eigenvalue weighted by Gasteiger charge is 2.33. The number of aryl methyl sites for hydroxylation is 2. The summed E-state index contributed by atoms with van der Waals surface area (Å²) in [5.74, 6) is 0.755. The zero-order valence-electron chi connectivity index (χ0n) is 19.0. The Bertz CT molecular complexity index is 1050. The van der Waals surface area contributed by atoms with Crippen LogP contribution in [0.3, 0.4) is 0 Å². The van der Waals surface area contributed by atoms with Crippen molar-refractivity contribution >= 4 is 23.1 Å². The van der Waals surface area contributed by atoms with Crippen LogP contribution in [0.2, 0.25) is 0 Å². The number of nitrogens with zero attached hydrogens (tertiary/aromatic N) is 3. The second kappa shape index (κ2) is 10.2. The Morgan fingerprint density at radius 3 is 2.66 bits per heavy atom. The normalized spacial score (nSPS) is 15.3. The maximum Gasteiger partial charge on any atom is 0.248 e. The maximum atomic E-state index is 13.9. The molecular weight excluding hydrogens is 416 g/mol. The van der Waals surface area contributed by atoms with E-state index in [-0.39, 0.29) is 11.9 Å². The van der Waals surface area contributed by atoms with E-state index in [0.717, 1.165) is 35.5 Å². The van der Waals surface area contributed by atoms with Crippen molar-refractivity contribution in [3.63, 3.8) is 0 Å². The van der Waals surface area contributed by atoms with Crippen molar-refractivity contribution < 1.29 is 4.79 Å². The third-order valence-electron chi connectivity index (χ3n) is 6.19. The molecule has 1 amide bonds. The minimum absolute atomic E-state index is 0.0178. The summed E-state index contributed by atoms with van der Waals surface area (Å²) in [7, 11) is 1.90. The Morgan fingerprint density at radius 2 is 2.00 bits per heavy atom. The van der Waals surface area contributed by atoms with Crippen molar-refractivity contribution in [3.05, 3.63) is 82.3 Å². The van der Waals surface area contributed by atoms with Crippen molar-refractivity contribution in [2.75, 3.05) is 4.90 Å². The maximum absolute atomic E-state index is 13.9. The molecule has 1 aliphatic rings. The highest BCUT2D eigenvalue weighted by molar-refractivity contribution is 7.09. The van der Waals surface area contributed by atoms with E-state index in [4.69, 9.17) is 0 Å². The number of nitrogens with one attached hydrogen (secondary N) is 1. The van der Waals surface area contributed by atoms with Gasteiger partial charge in [0.15, 0.2) is 5.82 Å². The van der Waals surface area contributed by atoms with Gasteiger partial charge in [-0.1, -0.05) is 56.2 Å². The number of anilines is 1. The molecule has 0 radical (unpaired) electrons. The lowest BCUT2D eigenvalue weighted by Crippen LogP contribution is -2.45. The molecule has 1 aromatic carbocycles. The first-order valence-electron chi connectivity index (χ1n) is 11.4. The van der Waals surface area contributed by atoms with E-state index in [1.54, 1.807) is 16.0 Å². The molecule has 5 nitrogen and oxygen atoms in total. The van der Waals surface area contributed by atoms with Crippen LogP contribution in [0.25, 0.3) is 0 Å². The Morgan fingerprint density at radius 1 is 1.22 bits per heavy atom. The van der Waals surface area contributed by atoms with Crippen molar-refractivity contribution in [1.29, 1.82) is 0 Å². The van der Waals surface area contributed by atoms with Crippen LogP contribution in [0.5, 0.6) is 0 Å². The summed E-state index contributed by atoms with van der Waals surface area (Å²) in [5.41, 5.74) is 2.93. The second-order valence-electron chi connectivity index (χ2n) is 8.64. The van der Waals surface area contributed by atoms with Crippen LogP contribution in [0.4, 0.5) is 5.82 Å². The lowest BCUT2D eigenvalue weighted by molar-refractivity contribution is -0.123. The van der Waals surface area contributed by atoms with Crippen LogP contribution in [-0.2, 0) is 18.3 Å². The van der Waals surface area contributed by atoms with Gasteiger partial charge < -0.3 is 10.2 Å². The Hall–Kier alpha value is -2.86. The molecule has 0 aliphatic heterocycles. The topological polar surface area (TPSA) is 50.2 Å². The number of benzene rings is 1. The summed E-state index contributed by atoms with van der Waals surface area (Å²) >= 11 is 1.70. The molecule has 6 heteroatoms. The first-order valence-corrected chi connectivity index (χ1v) is 12.3. The number of carbonyl (C=O) groups excluding carboxylic acids is 1. The molecule has 0 saturated heterocycles. The summed E-state index contributed by atoms with van der Waals surface area (Å²) in [4.78, 5) is 17.1. The number of rotatable bonds is 8. The molecule has 3 aromatic rings. The minimum atomic E-state index is -0.527. The fourth-order valence-corrected chi connectivity index (χ4v) is 5.26. The number of allylic oxidation sites excluding steroid dienone is 1. The van der Waals surface area contributed by atoms with Gasteiger partial charge in [0.1, 0.15) is 6.04 Å². The molecule has 2 heterocycles. The van der Waals surface area contributed by atoms with Gasteiger partial charge in [0.05, 0.1) is 0 Å². The van der Waals surface area contributed by atoms with Crippen molar-refractivity contribution in [3.8, 4) is 0 Å². The molecule has 1 N–H and O–H groups in total. The van der Waals surface area contributed by atoms with Crippen LogP contribution in [0, 0.1) is 6.92 Å². The van der Waals surface area contributed by atoms with Crippen LogP contribution < -0.4 is 10.2 Å². The number of thiophene rings is 1. The average Bonchev–Trinajstić information content (AvgIpc) is 3.45. The number of carbonyl (C=O) groups is 1. The molecule has 1 fully saturated rings. The third-order valence-corrected chi connectivity index (χ3v) is 7.06. The predicted molar refractivity (Wildman–Crippen MR) is 132 cm³/mol. The first-order chi connectivity index (χ1) is 15.5. The molecule has 32 heavy (non-hydrogen) atoms. The molecule has 2 aromatic heterocycles. The monoisotopic (exact) mass is 448 g/mol. The summed E-state index contributed by atoms with van der Waals surface area (Å²) in [6.07, 6.45) is 8.29. The SMILES string of the molecule is C=C(Cc1cccs1)N(c1ccn(C)n1)C(C(=O)NC1CCCCC1)c1ccccc1C. The van der Waals surface area contributed by atoms with Gasteiger partial charge in [-0.3, -0.25) is 9.48 Å². The lowest BCUT2D eigenvalue weighted by Gasteiger charge is -2.35. The first kappa shape index (κ1) is 22.3. The number of aromatic nitrogens is 2. The van der Waals surface area contributed by atoms with Gasteiger partial charge in [-0.15, -0.1) is 11.3 Å². The molecule has 0 bridgehead atoms. The van der Waals surface area contributed by atoms with Crippen LogP contribution in [-0.4, -0.2) is 21.7 Å². The van der Waals surface area contributed by atoms with Crippen LogP contribution in [0.1, 0.15) is 54.1 Å². The lowest BCUT2D eigenvalue weighted by atomic mass is 9.93. The molecule has 4 rings (SSSR count). The van der Waals surface area contributed by atoms with E-state index in [1.165, 1.54) is 24.1 Å². The predicted octanol–water partition coefficient (Wildman–Crippen LogP) is 5.54. The standard InChI is InChI=1S/C26H32N4OS/c1-19-10-7-8-14-23(19)25(26(31)27-21-11-5-4-6-12-21)30(24-15-16-29(3)28-24)20(2)18-22-13-9-17-32-22/h7-10,13-17,21,25H,2,4-6,11-12,18H2,1,3H3,(H,27,31). The van der Waals surface area contributed by atoms with E-state index in [0.29, 0.717) is 6.42 Å².